The van der Waals surface area contributed by atoms with Gasteiger partial charge in [0.25, 0.3) is 0 Å². The van der Waals surface area contributed by atoms with Gasteiger partial charge in [-0.05, 0) is 30.7 Å². The number of carbonyl (C=O) groups is 2. The lowest BCUT2D eigenvalue weighted by atomic mass is 9.94. The Hall–Kier alpha value is -2.56. The minimum absolute atomic E-state index is 0.194. The number of ether oxygens (including phenoxy) is 2. The van der Waals surface area contributed by atoms with Crippen LogP contribution in [0.3, 0.4) is 0 Å². The Bertz CT molecular complexity index is 682. The molecule has 0 heterocycles. The smallest absolute Gasteiger partial charge is 0.310 e. The average molecular weight is 296 g/mol. The Morgan fingerprint density at radius 3 is 2.77 bits per heavy atom. The fraction of sp³-hybridized carbons (Fsp3) is 0.176. The molecule has 2 aromatic carbocycles. The Labute approximate surface area is 130 Å². The first-order valence-corrected chi connectivity index (χ1v) is 7.10. The summed E-state index contributed by atoms with van der Waals surface area (Å²) in [5.41, 5.74) is 2.29. The fourth-order valence-electron chi connectivity index (χ4n) is 2.08. The summed E-state index contributed by atoms with van der Waals surface area (Å²) in [6.45, 7) is 2.14. The summed E-state index contributed by atoms with van der Waals surface area (Å²) in [6, 6.07) is 12.6. The van der Waals surface area contributed by atoms with Crippen LogP contribution in [0, 0.1) is 0 Å². The second-order valence-corrected chi connectivity index (χ2v) is 4.89. The maximum Gasteiger partial charge on any atom is 0.310 e. The molecule has 0 amide bonds. The standard InChI is InChI=1S/C17H17BO4/c1-2-21-17(20)9-12-4-3-5-15(8-12)22-16-7-6-14(18)10-13(16)11-19/h3-8,10-11H,2,9,18H2,1H3. The summed E-state index contributed by atoms with van der Waals surface area (Å²) in [5.74, 6) is 0.797. The van der Waals surface area contributed by atoms with E-state index in [4.69, 9.17) is 9.47 Å². The van der Waals surface area contributed by atoms with Gasteiger partial charge in [0.2, 0.25) is 0 Å². The van der Waals surface area contributed by atoms with Crippen molar-refractivity contribution in [3.8, 4) is 11.5 Å². The van der Waals surface area contributed by atoms with E-state index < -0.39 is 0 Å². The van der Waals surface area contributed by atoms with E-state index in [2.05, 4.69) is 0 Å². The molecule has 0 spiro atoms. The molecule has 4 nitrogen and oxygen atoms in total. The molecule has 0 aliphatic heterocycles. The number of rotatable bonds is 6. The van der Waals surface area contributed by atoms with Crippen LogP contribution in [0.15, 0.2) is 42.5 Å². The molecule has 0 bridgehead atoms. The van der Waals surface area contributed by atoms with E-state index in [0.29, 0.717) is 23.7 Å². The molecule has 0 unspecified atom stereocenters. The summed E-state index contributed by atoms with van der Waals surface area (Å²) in [4.78, 5) is 22.6. The number of benzene rings is 2. The van der Waals surface area contributed by atoms with Crippen LogP contribution in [-0.4, -0.2) is 26.7 Å². The van der Waals surface area contributed by atoms with Crippen molar-refractivity contribution in [2.45, 2.75) is 13.3 Å². The van der Waals surface area contributed by atoms with Gasteiger partial charge in [-0.3, -0.25) is 9.59 Å². The van der Waals surface area contributed by atoms with Gasteiger partial charge in [-0.1, -0.05) is 29.7 Å². The third kappa shape index (κ3) is 4.22. The highest BCUT2D eigenvalue weighted by Crippen LogP contribution is 2.24. The molecule has 0 aliphatic rings. The van der Waals surface area contributed by atoms with Crippen LogP contribution < -0.4 is 10.2 Å². The largest absolute Gasteiger partial charge is 0.466 e. The average Bonchev–Trinajstić information content (AvgIpc) is 2.49. The molecule has 0 saturated heterocycles. The van der Waals surface area contributed by atoms with Gasteiger partial charge in [0.15, 0.2) is 6.29 Å². The Morgan fingerprint density at radius 2 is 2.05 bits per heavy atom. The Balaban J connectivity index is 2.17. The lowest BCUT2D eigenvalue weighted by Gasteiger charge is -2.10. The van der Waals surface area contributed by atoms with Gasteiger partial charge < -0.3 is 9.47 Å². The SMILES string of the molecule is Bc1ccc(Oc2cccc(CC(=O)OCC)c2)c(C=O)c1. The summed E-state index contributed by atoms with van der Waals surface area (Å²) >= 11 is 0. The molecule has 0 N–H and O–H groups in total. The predicted octanol–water partition coefficient (Wildman–Crippen LogP) is 1.66. The molecule has 0 radical (unpaired) electrons. The van der Waals surface area contributed by atoms with Gasteiger partial charge in [0, 0.05) is 0 Å². The lowest BCUT2D eigenvalue weighted by Crippen LogP contribution is -2.07. The van der Waals surface area contributed by atoms with E-state index in [1.807, 2.05) is 20.0 Å². The molecular weight excluding hydrogens is 279 g/mol. The Morgan fingerprint density at radius 1 is 1.23 bits per heavy atom. The van der Waals surface area contributed by atoms with E-state index in [9.17, 15) is 9.59 Å². The summed E-state index contributed by atoms with van der Waals surface area (Å²) in [6.07, 6.45) is 0.963. The van der Waals surface area contributed by atoms with E-state index in [1.54, 1.807) is 37.3 Å². The molecule has 0 aliphatic carbocycles. The van der Waals surface area contributed by atoms with Gasteiger partial charge in [0.05, 0.1) is 18.6 Å². The van der Waals surface area contributed by atoms with Crippen molar-refractivity contribution in [1.29, 1.82) is 0 Å². The summed E-state index contributed by atoms with van der Waals surface area (Å²) < 4.78 is 10.7. The third-order valence-electron chi connectivity index (χ3n) is 3.07. The number of hydrogen-bond donors (Lipinski definition) is 0. The monoisotopic (exact) mass is 296 g/mol. The van der Waals surface area contributed by atoms with Gasteiger partial charge in [0.1, 0.15) is 19.3 Å². The third-order valence-corrected chi connectivity index (χ3v) is 3.07. The zero-order valence-electron chi connectivity index (χ0n) is 12.7. The van der Waals surface area contributed by atoms with Crippen LogP contribution >= 0.6 is 0 Å². The number of carbonyl (C=O) groups excluding carboxylic acids is 2. The molecule has 0 saturated carbocycles. The molecule has 2 rings (SSSR count). The first-order chi connectivity index (χ1) is 10.6. The molecule has 2 aromatic rings. The number of esters is 1. The van der Waals surface area contributed by atoms with Gasteiger partial charge in [-0.2, -0.15) is 0 Å². The van der Waals surface area contributed by atoms with Gasteiger partial charge in [-0.25, -0.2) is 0 Å². The highest BCUT2D eigenvalue weighted by atomic mass is 16.5. The topological polar surface area (TPSA) is 52.6 Å². The predicted molar refractivity (Wildman–Crippen MR) is 86.9 cm³/mol. The van der Waals surface area contributed by atoms with E-state index in [1.165, 1.54) is 0 Å². The zero-order chi connectivity index (χ0) is 15.9. The van der Waals surface area contributed by atoms with Crippen molar-refractivity contribution in [3.05, 3.63) is 53.6 Å². The van der Waals surface area contributed by atoms with Crippen LogP contribution in [-0.2, 0) is 16.0 Å². The van der Waals surface area contributed by atoms with E-state index in [0.717, 1.165) is 17.3 Å². The molecule has 0 aromatic heterocycles. The first-order valence-electron chi connectivity index (χ1n) is 7.10. The van der Waals surface area contributed by atoms with Crippen molar-refractivity contribution in [1.82, 2.24) is 0 Å². The number of hydrogen-bond acceptors (Lipinski definition) is 4. The first kappa shape index (κ1) is 15.8. The van der Waals surface area contributed by atoms with Crippen LogP contribution in [0.5, 0.6) is 11.5 Å². The van der Waals surface area contributed by atoms with Crippen molar-refractivity contribution in [2.24, 2.45) is 0 Å². The van der Waals surface area contributed by atoms with Crippen molar-refractivity contribution in [3.63, 3.8) is 0 Å². The minimum Gasteiger partial charge on any atom is -0.466 e. The van der Waals surface area contributed by atoms with Crippen LogP contribution in [0.25, 0.3) is 0 Å². The maximum atomic E-state index is 11.5. The maximum absolute atomic E-state index is 11.5. The molecule has 112 valence electrons. The normalized spacial score (nSPS) is 10.0. The molecule has 22 heavy (non-hydrogen) atoms. The van der Waals surface area contributed by atoms with Crippen molar-refractivity contribution < 1.29 is 19.1 Å². The Kier molecular flexibility index (Phi) is 5.36. The van der Waals surface area contributed by atoms with Crippen molar-refractivity contribution in [2.75, 3.05) is 6.61 Å². The molecule has 0 atom stereocenters. The summed E-state index contributed by atoms with van der Waals surface area (Å²) in [5, 5.41) is 0. The molecular formula is C17H17BO4. The van der Waals surface area contributed by atoms with Gasteiger partial charge in [-0.15, -0.1) is 0 Å². The molecule has 0 fully saturated rings. The zero-order valence-corrected chi connectivity index (χ0v) is 12.7. The summed E-state index contributed by atoms with van der Waals surface area (Å²) in [7, 11) is 1.91. The number of aldehydes is 1. The van der Waals surface area contributed by atoms with E-state index in [-0.39, 0.29) is 12.4 Å². The second-order valence-electron chi connectivity index (χ2n) is 4.89. The van der Waals surface area contributed by atoms with Crippen molar-refractivity contribution >= 4 is 25.6 Å². The quantitative estimate of drug-likeness (QED) is 0.462. The van der Waals surface area contributed by atoms with Crippen LogP contribution in [0.1, 0.15) is 22.8 Å². The highest BCUT2D eigenvalue weighted by Gasteiger charge is 2.08. The fourth-order valence-corrected chi connectivity index (χ4v) is 2.08. The second kappa shape index (κ2) is 7.45. The minimum atomic E-state index is -0.274. The van der Waals surface area contributed by atoms with E-state index >= 15 is 0 Å². The van der Waals surface area contributed by atoms with Crippen LogP contribution in [0.2, 0.25) is 0 Å². The van der Waals surface area contributed by atoms with Gasteiger partial charge >= 0.3 is 5.97 Å². The van der Waals surface area contributed by atoms with Crippen LogP contribution in [0.4, 0.5) is 0 Å². The highest BCUT2D eigenvalue weighted by molar-refractivity contribution is 6.32. The molecule has 5 heteroatoms. The lowest BCUT2D eigenvalue weighted by molar-refractivity contribution is -0.142.